The summed E-state index contributed by atoms with van der Waals surface area (Å²) >= 11 is 3.22. The number of hydrogen-bond acceptors (Lipinski definition) is 4. The number of ether oxygens (including phenoxy) is 1. The predicted octanol–water partition coefficient (Wildman–Crippen LogP) is 0.796. The maximum Gasteiger partial charge on any atom is 0.330 e. The van der Waals surface area contributed by atoms with Crippen LogP contribution in [0.25, 0.3) is 6.08 Å². The first-order chi connectivity index (χ1) is 7.54. The van der Waals surface area contributed by atoms with E-state index in [-0.39, 0.29) is 5.82 Å². The number of pyridine rings is 1. The van der Waals surface area contributed by atoms with Gasteiger partial charge >= 0.3 is 5.97 Å². The van der Waals surface area contributed by atoms with Gasteiger partial charge in [0.2, 0.25) is 0 Å². The van der Waals surface area contributed by atoms with Crippen LogP contribution in [-0.2, 0) is 9.53 Å². The third kappa shape index (κ3) is 3.38. The van der Waals surface area contributed by atoms with E-state index in [4.69, 9.17) is 18.3 Å². The van der Waals surface area contributed by atoms with E-state index in [9.17, 15) is 4.79 Å². The summed E-state index contributed by atoms with van der Waals surface area (Å²) in [5.41, 5.74) is 6.55. The maximum absolute atomic E-state index is 11.1. The number of nitrogens with zero attached hydrogens (tertiary/aromatic N) is 1. The van der Waals surface area contributed by atoms with E-state index in [1.165, 1.54) is 12.2 Å². The van der Waals surface area contributed by atoms with Gasteiger partial charge in [-0.1, -0.05) is 0 Å². The Labute approximate surface area is 103 Å². The van der Waals surface area contributed by atoms with Crippen LogP contribution in [0.1, 0.15) is 12.5 Å². The fraction of sp³-hybridized carbons (Fsp3) is 0.200. The minimum Gasteiger partial charge on any atom is -0.463 e. The molecule has 16 heavy (non-hydrogen) atoms. The standard InChI is InChI=1S/C10H10BBrN2O2/c1-2-16-8(15)4-3-6-5-7(12)9(11)14-10(6)13/h3-5H,2H2,1H3,(H2,13,14)/b4-3+. The summed E-state index contributed by atoms with van der Waals surface area (Å²) in [6.45, 7) is 2.07. The molecule has 0 aliphatic heterocycles. The van der Waals surface area contributed by atoms with Crippen molar-refractivity contribution in [2.75, 3.05) is 12.3 Å². The fourth-order valence-corrected chi connectivity index (χ4v) is 1.35. The lowest BCUT2D eigenvalue weighted by Crippen LogP contribution is -2.13. The number of carbonyl (C=O) groups excluding carboxylic acids is 1. The molecule has 0 aromatic carbocycles. The average Bonchev–Trinajstić information content (AvgIpc) is 2.22. The molecule has 0 atom stereocenters. The number of carbonyl (C=O) groups is 1. The Morgan fingerprint density at radius 1 is 1.75 bits per heavy atom. The zero-order chi connectivity index (χ0) is 12.1. The second kappa shape index (κ2) is 5.70. The Hall–Kier alpha value is -1.30. The van der Waals surface area contributed by atoms with Crippen molar-refractivity contribution >= 4 is 47.2 Å². The molecule has 0 fully saturated rings. The largest absolute Gasteiger partial charge is 0.463 e. The Bertz CT molecular complexity index is 435. The van der Waals surface area contributed by atoms with Crippen molar-refractivity contribution in [1.29, 1.82) is 0 Å². The van der Waals surface area contributed by atoms with Crippen LogP contribution < -0.4 is 11.3 Å². The number of anilines is 1. The quantitative estimate of drug-likeness (QED) is 0.505. The molecule has 0 saturated carbocycles. The molecule has 0 spiro atoms. The molecule has 1 rings (SSSR count). The van der Waals surface area contributed by atoms with Gasteiger partial charge in [0.25, 0.3) is 0 Å². The van der Waals surface area contributed by atoms with Crippen molar-refractivity contribution in [3.63, 3.8) is 0 Å². The molecule has 82 valence electrons. The van der Waals surface area contributed by atoms with E-state index in [1.54, 1.807) is 13.0 Å². The van der Waals surface area contributed by atoms with Crippen LogP contribution >= 0.6 is 15.9 Å². The zero-order valence-corrected chi connectivity index (χ0v) is 10.3. The highest BCUT2D eigenvalue weighted by Gasteiger charge is 2.02. The lowest BCUT2D eigenvalue weighted by atomic mass is 10.0. The average molecular weight is 281 g/mol. The first-order valence-electron chi connectivity index (χ1n) is 4.61. The maximum atomic E-state index is 11.1. The van der Waals surface area contributed by atoms with Gasteiger partial charge in [-0.15, -0.1) is 0 Å². The second-order valence-electron chi connectivity index (χ2n) is 2.92. The molecular formula is C10H10BBrN2O2. The molecule has 6 heteroatoms. The molecule has 0 aliphatic carbocycles. The zero-order valence-electron chi connectivity index (χ0n) is 8.74. The van der Waals surface area contributed by atoms with Gasteiger partial charge in [0.05, 0.1) is 6.61 Å². The van der Waals surface area contributed by atoms with E-state index in [0.29, 0.717) is 22.2 Å². The minimum absolute atomic E-state index is 0.265. The van der Waals surface area contributed by atoms with Gasteiger partial charge in [0.1, 0.15) is 13.7 Å². The van der Waals surface area contributed by atoms with Gasteiger partial charge in [0, 0.05) is 21.7 Å². The summed E-state index contributed by atoms with van der Waals surface area (Å²) in [6, 6.07) is 1.69. The first kappa shape index (κ1) is 12.8. The van der Waals surface area contributed by atoms with Crippen LogP contribution in [0.3, 0.4) is 0 Å². The molecule has 0 aliphatic rings. The number of rotatable bonds is 3. The molecule has 1 heterocycles. The van der Waals surface area contributed by atoms with Crippen LogP contribution in [0.4, 0.5) is 5.82 Å². The van der Waals surface area contributed by atoms with Crippen molar-refractivity contribution in [3.05, 3.63) is 22.2 Å². The Kier molecular flexibility index (Phi) is 4.55. The molecule has 2 radical (unpaired) electrons. The monoisotopic (exact) mass is 280 g/mol. The van der Waals surface area contributed by atoms with Gasteiger partial charge in [0.15, 0.2) is 0 Å². The highest BCUT2D eigenvalue weighted by atomic mass is 79.9. The third-order valence-corrected chi connectivity index (χ3v) is 2.38. The molecule has 4 nitrogen and oxygen atoms in total. The molecular weight excluding hydrogens is 271 g/mol. The predicted molar refractivity (Wildman–Crippen MR) is 67.4 cm³/mol. The smallest absolute Gasteiger partial charge is 0.330 e. The molecule has 2 N–H and O–H groups in total. The van der Waals surface area contributed by atoms with Gasteiger partial charge in [-0.25, -0.2) is 9.78 Å². The molecule has 0 bridgehead atoms. The molecule has 1 aromatic rings. The van der Waals surface area contributed by atoms with Crippen molar-refractivity contribution in [2.45, 2.75) is 6.92 Å². The van der Waals surface area contributed by atoms with Crippen molar-refractivity contribution in [2.24, 2.45) is 0 Å². The number of nitrogens with two attached hydrogens (primary N) is 1. The molecule has 0 amide bonds. The van der Waals surface area contributed by atoms with Crippen molar-refractivity contribution in [3.8, 4) is 0 Å². The SMILES string of the molecule is [B]c1nc(N)c(/C=C/C(=O)OCC)cc1Br. The Morgan fingerprint density at radius 2 is 2.44 bits per heavy atom. The van der Waals surface area contributed by atoms with Gasteiger partial charge in [-0.3, -0.25) is 0 Å². The lowest BCUT2D eigenvalue weighted by molar-refractivity contribution is -0.137. The first-order valence-corrected chi connectivity index (χ1v) is 5.40. The Balaban J connectivity index is 2.89. The summed E-state index contributed by atoms with van der Waals surface area (Å²) in [5, 5.41) is 0. The number of halogens is 1. The summed E-state index contributed by atoms with van der Waals surface area (Å²) in [4.78, 5) is 15.0. The fourth-order valence-electron chi connectivity index (χ4n) is 1.01. The van der Waals surface area contributed by atoms with E-state index < -0.39 is 5.97 Å². The van der Waals surface area contributed by atoms with Crippen LogP contribution in [0, 0.1) is 0 Å². The minimum atomic E-state index is -0.421. The number of esters is 1. The highest BCUT2D eigenvalue weighted by Crippen LogP contribution is 2.14. The summed E-state index contributed by atoms with van der Waals surface area (Å²) in [5.74, 6) is -0.156. The molecule has 0 unspecified atom stereocenters. The van der Waals surface area contributed by atoms with E-state index in [1.807, 2.05) is 0 Å². The normalized spacial score (nSPS) is 10.6. The second-order valence-corrected chi connectivity index (χ2v) is 3.77. The lowest BCUT2D eigenvalue weighted by Gasteiger charge is -2.03. The van der Waals surface area contributed by atoms with Crippen LogP contribution in [0.5, 0.6) is 0 Å². The summed E-state index contributed by atoms with van der Waals surface area (Å²) in [7, 11) is 5.54. The van der Waals surface area contributed by atoms with Crippen molar-refractivity contribution < 1.29 is 9.53 Å². The number of aromatic nitrogens is 1. The van der Waals surface area contributed by atoms with Gasteiger partial charge < -0.3 is 10.5 Å². The Morgan fingerprint density at radius 3 is 3.06 bits per heavy atom. The van der Waals surface area contributed by atoms with Gasteiger partial charge in [-0.2, -0.15) is 0 Å². The summed E-state index contributed by atoms with van der Waals surface area (Å²) < 4.78 is 5.36. The van der Waals surface area contributed by atoms with Crippen LogP contribution in [0.15, 0.2) is 16.6 Å². The van der Waals surface area contributed by atoms with Crippen molar-refractivity contribution in [1.82, 2.24) is 4.98 Å². The number of hydrogen-bond donors (Lipinski definition) is 1. The molecule has 1 aromatic heterocycles. The van der Waals surface area contributed by atoms with E-state index in [2.05, 4.69) is 20.9 Å². The number of nitrogen functional groups attached to an aromatic ring is 1. The van der Waals surface area contributed by atoms with E-state index in [0.717, 1.165) is 0 Å². The van der Waals surface area contributed by atoms with Gasteiger partial charge in [-0.05, 0) is 35.0 Å². The van der Waals surface area contributed by atoms with Crippen LogP contribution in [0.2, 0.25) is 0 Å². The summed E-state index contributed by atoms with van der Waals surface area (Å²) in [6.07, 6.45) is 2.82. The molecule has 0 saturated heterocycles. The third-order valence-electron chi connectivity index (χ3n) is 1.75. The topological polar surface area (TPSA) is 65.2 Å². The van der Waals surface area contributed by atoms with E-state index >= 15 is 0 Å². The highest BCUT2D eigenvalue weighted by molar-refractivity contribution is 9.10. The van der Waals surface area contributed by atoms with Crippen LogP contribution in [-0.4, -0.2) is 25.4 Å².